The van der Waals surface area contributed by atoms with E-state index in [0.717, 1.165) is 16.7 Å². The smallest absolute Gasteiger partial charge is 0.544 e. The van der Waals surface area contributed by atoms with Gasteiger partial charge in [-0.15, -0.1) is 11.8 Å². The molecule has 4 rings (SSSR count). The van der Waals surface area contributed by atoms with E-state index in [1.54, 1.807) is 24.3 Å². The van der Waals surface area contributed by atoms with E-state index in [0.29, 0.717) is 5.75 Å². The summed E-state index contributed by atoms with van der Waals surface area (Å²) in [5, 5.41) is 12.7. The number of carboxylic acids is 1. The molecule has 0 spiro atoms. The van der Waals surface area contributed by atoms with Crippen LogP contribution >= 0.6 is 11.8 Å². The Balaban J connectivity index is 0.00000210. The third kappa shape index (κ3) is 3.10. The minimum Gasteiger partial charge on any atom is -0.544 e. The van der Waals surface area contributed by atoms with Crippen molar-refractivity contribution in [2.24, 2.45) is 0 Å². The standard InChI is InChI=1S/C16H14N2O7S.Na/c19-10(7-24-8-4-2-1-3-5-8)17-12-13(21)18-14(12)26-9-6-11(20)25-16(9,18)15(22)23;/h1-5,9,12,14H,6-7H2,(H,17,19)(H,22,23);/q;+1/p-1/t9-,12-,14-,16-;/m1./s1. The van der Waals surface area contributed by atoms with Crippen LogP contribution in [-0.2, 0) is 23.9 Å². The topological polar surface area (TPSA) is 125 Å². The van der Waals surface area contributed by atoms with Crippen LogP contribution in [0.15, 0.2) is 30.3 Å². The number of carbonyl (C=O) groups is 4. The van der Waals surface area contributed by atoms with Gasteiger partial charge in [0, 0.05) is 0 Å². The molecule has 3 aliphatic rings. The zero-order chi connectivity index (χ0) is 18.5. The summed E-state index contributed by atoms with van der Waals surface area (Å²) in [5.41, 5.74) is -2.08. The van der Waals surface area contributed by atoms with E-state index in [1.165, 1.54) is 0 Å². The summed E-state index contributed by atoms with van der Waals surface area (Å²) in [4.78, 5) is 48.4. The molecular formula is C16H13N2NaO7S. The van der Waals surface area contributed by atoms with Crippen LogP contribution in [-0.4, -0.2) is 57.7 Å². The van der Waals surface area contributed by atoms with E-state index in [1.807, 2.05) is 6.07 Å². The quantitative estimate of drug-likeness (QED) is 0.297. The van der Waals surface area contributed by atoms with Crippen molar-refractivity contribution in [2.45, 2.75) is 28.8 Å². The average Bonchev–Trinajstić information content (AvgIpc) is 3.08. The Morgan fingerprint density at radius 3 is 2.70 bits per heavy atom. The number of esters is 1. The zero-order valence-electron chi connectivity index (χ0n) is 14.2. The number of hydrogen-bond donors (Lipinski definition) is 1. The Morgan fingerprint density at radius 2 is 2.04 bits per heavy atom. The van der Waals surface area contributed by atoms with Crippen molar-refractivity contribution in [3.05, 3.63) is 30.3 Å². The predicted octanol–water partition coefficient (Wildman–Crippen LogP) is -4.77. The van der Waals surface area contributed by atoms with Crippen LogP contribution in [0, 0.1) is 0 Å². The molecule has 3 saturated heterocycles. The van der Waals surface area contributed by atoms with Crippen LogP contribution in [0.25, 0.3) is 0 Å². The van der Waals surface area contributed by atoms with Gasteiger partial charge in [-0.3, -0.25) is 19.3 Å². The van der Waals surface area contributed by atoms with Gasteiger partial charge >= 0.3 is 35.5 Å². The molecule has 0 aromatic heterocycles. The van der Waals surface area contributed by atoms with Gasteiger partial charge < -0.3 is 24.7 Å². The number of hydrogen-bond acceptors (Lipinski definition) is 8. The number of amides is 2. The number of rotatable bonds is 5. The molecule has 1 aromatic carbocycles. The molecule has 3 heterocycles. The number of β-lactam (4-membered cyclic amide) rings is 1. The molecule has 2 amide bonds. The summed E-state index contributed by atoms with van der Waals surface area (Å²) < 4.78 is 10.3. The molecule has 0 radical (unpaired) electrons. The second-order valence-electron chi connectivity index (χ2n) is 6.03. The van der Waals surface area contributed by atoms with E-state index in [2.05, 4.69) is 5.32 Å². The first-order valence-corrected chi connectivity index (χ1v) is 8.77. The molecule has 1 aromatic rings. The number of nitrogens with zero attached hydrogens (tertiary/aromatic N) is 1. The third-order valence-electron chi connectivity index (χ3n) is 4.48. The Morgan fingerprint density at radius 1 is 1.33 bits per heavy atom. The third-order valence-corrected chi connectivity index (χ3v) is 6.06. The fourth-order valence-corrected chi connectivity index (χ4v) is 5.06. The van der Waals surface area contributed by atoms with Crippen molar-refractivity contribution in [1.29, 1.82) is 0 Å². The van der Waals surface area contributed by atoms with Gasteiger partial charge in [-0.25, -0.2) is 0 Å². The molecule has 3 aliphatic heterocycles. The van der Waals surface area contributed by atoms with E-state index in [9.17, 15) is 24.3 Å². The molecule has 1 N–H and O–H groups in total. The summed E-state index contributed by atoms with van der Waals surface area (Å²) in [5.74, 6) is -2.95. The van der Waals surface area contributed by atoms with Gasteiger partial charge in [0.15, 0.2) is 6.61 Å². The molecule has 4 atom stereocenters. The summed E-state index contributed by atoms with van der Waals surface area (Å²) in [6.07, 6.45) is -0.128. The Hall–Kier alpha value is -1.75. The van der Waals surface area contributed by atoms with Crippen molar-refractivity contribution in [3.63, 3.8) is 0 Å². The number of ether oxygens (including phenoxy) is 2. The van der Waals surface area contributed by atoms with Crippen molar-refractivity contribution in [3.8, 4) is 5.75 Å². The van der Waals surface area contributed by atoms with Gasteiger partial charge in [-0.1, -0.05) is 18.2 Å². The largest absolute Gasteiger partial charge is 1.00 e. The number of thioether (sulfide) groups is 1. The van der Waals surface area contributed by atoms with Gasteiger partial charge in [0.2, 0.25) is 5.72 Å². The first-order chi connectivity index (χ1) is 12.4. The van der Waals surface area contributed by atoms with Crippen molar-refractivity contribution < 1.29 is 63.3 Å². The van der Waals surface area contributed by atoms with E-state index < -0.39 is 46.1 Å². The van der Waals surface area contributed by atoms with Crippen LogP contribution in [0.2, 0.25) is 0 Å². The number of aliphatic carboxylic acids is 1. The van der Waals surface area contributed by atoms with E-state index >= 15 is 0 Å². The Labute approximate surface area is 180 Å². The molecule has 27 heavy (non-hydrogen) atoms. The molecule has 136 valence electrons. The van der Waals surface area contributed by atoms with Gasteiger partial charge in [0.25, 0.3) is 11.8 Å². The minimum atomic E-state index is -2.08. The molecular weight excluding hydrogens is 387 g/mol. The zero-order valence-corrected chi connectivity index (χ0v) is 17.1. The van der Waals surface area contributed by atoms with E-state index in [4.69, 9.17) is 9.47 Å². The second-order valence-corrected chi connectivity index (χ2v) is 7.36. The fourth-order valence-electron chi connectivity index (χ4n) is 3.33. The van der Waals surface area contributed by atoms with Gasteiger partial charge in [0.1, 0.15) is 23.1 Å². The van der Waals surface area contributed by atoms with Crippen LogP contribution in [0.4, 0.5) is 0 Å². The van der Waals surface area contributed by atoms with Crippen LogP contribution in [0.5, 0.6) is 5.75 Å². The monoisotopic (exact) mass is 400 g/mol. The maximum atomic E-state index is 12.4. The first-order valence-electron chi connectivity index (χ1n) is 7.82. The number of benzene rings is 1. The SMILES string of the molecule is O=C(COc1ccccc1)N[C@@H]1C(=O)N2[C@@H]1S[C@@H]1CC(=O)O[C@@]12C(=O)[O-].[Na+]. The molecule has 0 saturated carbocycles. The normalized spacial score (nSPS) is 30.4. The summed E-state index contributed by atoms with van der Waals surface area (Å²) in [7, 11) is 0. The number of carbonyl (C=O) groups excluding carboxylic acids is 4. The summed E-state index contributed by atoms with van der Waals surface area (Å²) in [6.45, 7) is -0.283. The van der Waals surface area contributed by atoms with Crippen molar-refractivity contribution in [1.82, 2.24) is 10.2 Å². The molecule has 0 bridgehead atoms. The van der Waals surface area contributed by atoms with Gasteiger partial charge in [-0.2, -0.15) is 0 Å². The Kier molecular flexibility index (Phi) is 5.44. The van der Waals surface area contributed by atoms with Crippen LogP contribution in [0.3, 0.4) is 0 Å². The molecule has 11 heteroatoms. The average molecular weight is 400 g/mol. The summed E-state index contributed by atoms with van der Waals surface area (Å²) >= 11 is 1.11. The Bertz CT molecular complexity index is 807. The number of carboxylic acid groups (broad SMARTS) is 1. The van der Waals surface area contributed by atoms with Gasteiger partial charge in [-0.05, 0) is 12.1 Å². The van der Waals surface area contributed by atoms with Crippen molar-refractivity contribution in [2.75, 3.05) is 6.61 Å². The molecule has 9 nitrogen and oxygen atoms in total. The van der Waals surface area contributed by atoms with Crippen LogP contribution < -0.4 is 44.7 Å². The van der Waals surface area contributed by atoms with Crippen molar-refractivity contribution >= 4 is 35.5 Å². The van der Waals surface area contributed by atoms with Crippen LogP contribution in [0.1, 0.15) is 6.42 Å². The maximum absolute atomic E-state index is 12.4. The molecule has 3 fully saturated rings. The number of nitrogens with one attached hydrogen (secondary N) is 1. The predicted molar refractivity (Wildman–Crippen MR) is 84.3 cm³/mol. The minimum absolute atomic E-state index is 0. The molecule has 0 unspecified atom stereocenters. The molecule has 0 aliphatic carbocycles. The van der Waals surface area contributed by atoms with Gasteiger partial charge in [0.05, 0.1) is 11.7 Å². The second kappa shape index (κ2) is 7.34. The number of para-hydroxylation sites is 1. The van der Waals surface area contributed by atoms with E-state index in [-0.39, 0.29) is 42.6 Å². The summed E-state index contributed by atoms with van der Waals surface area (Å²) in [6, 6.07) is 7.81. The maximum Gasteiger partial charge on any atom is 1.00 e. The number of fused-ring (bicyclic) bond motifs is 3. The first kappa shape index (κ1) is 20.0. The fraction of sp³-hybridized carbons (Fsp3) is 0.375.